The molecule has 0 saturated carbocycles. The zero-order valence-corrected chi connectivity index (χ0v) is 26.8. The van der Waals surface area contributed by atoms with Crippen molar-refractivity contribution in [1.82, 2.24) is 14.5 Å². The van der Waals surface area contributed by atoms with Crippen molar-refractivity contribution in [3.05, 3.63) is 84.7 Å². The van der Waals surface area contributed by atoms with Gasteiger partial charge in [-0.15, -0.1) is 0 Å². The minimum atomic E-state index is -3.82. The number of pyridine rings is 1. The number of nitriles is 1. The maximum absolute atomic E-state index is 13.2. The number of aromatic nitrogens is 2. The largest absolute Gasteiger partial charge is 0.476 e. The first-order chi connectivity index (χ1) is 21.1. The summed E-state index contributed by atoms with van der Waals surface area (Å²) in [5.74, 6) is -0.125. The van der Waals surface area contributed by atoms with E-state index in [2.05, 4.69) is 6.07 Å². The molecule has 0 aliphatic rings. The Labute approximate surface area is 258 Å². The third kappa shape index (κ3) is 7.69. The monoisotopic (exact) mass is 615 g/mol. The lowest BCUT2D eigenvalue weighted by molar-refractivity contribution is -0.113. The Morgan fingerprint density at radius 1 is 1.05 bits per heavy atom. The van der Waals surface area contributed by atoms with Gasteiger partial charge in [0.15, 0.2) is 0 Å². The highest BCUT2D eigenvalue weighted by molar-refractivity contribution is 7.48. The fraction of sp³-hybridized carbons (Fsp3) is 0.303. The number of fused-ring (bicyclic) bond motifs is 1. The van der Waals surface area contributed by atoms with Crippen LogP contribution in [0.25, 0.3) is 33.3 Å². The molecule has 0 spiro atoms. The molecule has 0 bridgehead atoms. The zero-order valence-electron chi connectivity index (χ0n) is 25.9. The van der Waals surface area contributed by atoms with Crippen LogP contribution in [0.5, 0.6) is 0 Å². The third-order valence-corrected chi connectivity index (χ3v) is 8.56. The van der Waals surface area contributed by atoms with E-state index in [9.17, 15) is 14.6 Å². The van der Waals surface area contributed by atoms with Crippen LogP contribution in [0.4, 0.5) is 5.69 Å². The summed E-state index contributed by atoms with van der Waals surface area (Å²) >= 11 is 0. The van der Waals surface area contributed by atoms with Gasteiger partial charge in [0, 0.05) is 54.3 Å². The van der Waals surface area contributed by atoms with Crippen molar-refractivity contribution in [2.75, 3.05) is 45.8 Å². The van der Waals surface area contributed by atoms with E-state index >= 15 is 0 Å². The van der Waals surface area contributed by atoms with E-state index in [0.29, 0.717) is 17.8 Å². The highest BCUT2D eigenvalue weighted by Crippen LogP contribution is 2.52. The number of nitrogens with zero attached hydrogens (tertiary/aromatic N) is 5. The van der Waals surface area contributed by atoms with Crippen LogP contribution in [0, 0.1) is 11.3 Å². The number of carbonyl (C=O) groups excluding carboxylic acids is 1. The van der Waals surface area contributed by atoms with E-state index in [1.165, 1.54) is 0 Å². The molecule has 230 valence electrons. The second kappa shape index (κ2) is 14.6. The molecule has 4 aromatic rings. The molecule has 1 atom stereocenters. The molecule has 11 heteroatoms. The van der Waals surface area contributed by atoms with E-state index in [4.69, 9.17) is 18.6 Å². The van der Waals surface area contributed by atoms with E-state index in [1.807, 2.05) is 79.8 Å². The number of phosphoric ester groups is 1. The standard InChI is InChI=1S/C33H38N5O5P/c1-7-41-44(40,42-8-2)43-24(3)38-23-31(27-14-9-12-25(18-27)21-34)30-20-28(22-35-33(30)38)26-13-10-15-29(19-26)37(6)32(39)16-11-17-36(4)5/h9-16,18-20,22-24H,7-8,17H2,1-6H3. The Morgan fingerprint density at radius 2 is 1.75 bits per heavy atom. The molecule has 1 amide bonds. The Hall–Kier alpha value is -4.10. The minimum absolute atomic E-state index is 0.125. The predicted octanol–water partition coefficient (Wildman–Crippen LogP) is 7.04. The topological polar surface area (TPSA) is 110 Å². The summed E-state index contributed by atoms with van der Waals surface area (Å²) in [5, 5.41) is 10.3. The van der Waals surface area contributed by atoms with Crippen molar-refractivity contribution in [3.8, 4) is 28.3 Å². The predicted molar refractivity (Wildman–Crippen MR) is 173 cm³/mol. The second-order valence-corrected chi connectivity index (χ2v) is 12.0. The molecule has 2 aromatic carbocycles. The van der Waals surface area contributed by atoms with Gasteiger partial charge >= 0.3 is 7.82 Å². The quantitative estimate of drug-likeness (QED) is 0.116. The van der Waals surface area contributed by atoms with Gasteiger partial charge in [-0.3, -0.25) is 18.4 Å². The molecular weight excluding hydrogens is 577 g/mol. The molecule has 44 heavy (non-hydrogen) atoms. The summed E-state index contributed by atoms with van der Waals surface area (Å²) in [4.78, 5) is 21.2. The van der Waals surface area contributed by atoms with Gasteiger partial charge in [0.05, 0.1) is 24.8 Å². The van der Waals surface area contributed by atoms with Gasteiger partial charge in [-0.25, -0.2) is 9.55 Å². The van der Waals surface area contributed by atoms with E-state index < -0.39 is 14.1 Å². The molecule has 0 radical (unpaired) electrons. The highest BCUT2D eigenvalue weighted by Gasteiger charge is 2.30. The van der Waals surface area contributed by atoms with Crippen molar-refractivity contribution < 1.29 is 22.9 Å². The minimum Gasteiger partial charge on any atom is -0.312 e. The lowest BCUT2D eigenvalue weighted by Gasteiger charge is -2.22. The van der Waals surface area contributed by atoms with Crippen molar-refractivity contribution in [3.63, 3.8) is 0 Å². The molecule has 0 N–H and O–H groups in total. The molecule has 0 saturated heterocycles. The number of anilines is 1. The molecule has 4 rings (SSSR count). The van der Waals surface area contributed by atoms with Gasteiger partial charge in [-0.1, -0.05) is 30.3 Å². The van der Waals surface area contributed by atoms with Crippen molar-refractivity contribution >= 4 is 30.5 Å². The van der Waals surface area contributed by atoms with Gasteiger partial charge in [0.2, 0.25) is 5.91 Å². The van der Waals surface area contributed by atoms with Crippen molar-refractivity contribution in [2.45, 2.75) is 27.0 Å². The third-order valence-electron chi connectivity index (χ3n) is 6.85. The fourth-order valence-corrected chi connectivity index (χ4v) is 6.01. The molecule has 0 aliphatic carbocycles. The maximum Gasteiger partial charge on any atom is 0.476 e. The smallest absolute Gasteiger partial charge is 0.312 e. The number of phosphoric acid groups is 1. The summed E-state index contributed by atoms with van der Waals surface area (Å²) < 4.78 is 31.5. The van der Waals surface area contributed by atoms with Gasteiger partial charge in [0.25, 0.3) is 0 Å². The van der Waals surface area contributed by atoms with E-state index in [1.54, 1.807) is 55.6 Å². The lowest BCUT2D eigenvalue weighted by Crippen LogP contribution is -2.24. The normalized spacial score (nSPS) is 12.6. The van der Waals surface area contributed by atoms with Crippen molar-refractivity contribution in [1.29, 1.82) is 5.26 Å². The van der Waals surface area contributed by atoms with Gasteiger partial charge in [-0.2, -0.15) is 5.26 Å². The maximum atomic E-state index is 13.2. The summed E-state index contributed by atoms with van der Waals surface area (Å²) in [6.07, 6.45) is 6.28. The number of benzene rings is 2. The Morgan fingerprint density at radius 3 is 2.43 bits per heavy atom. The lowest BCUT2D eigenvalue weighted by atomic mass is 10.0. The first-order valence-electron chi connectivity index (χ1n) is 14.4. The van der Waals surface area contributed by atoms with Crippen LogP contribution >= 0.6 is 7.82 Å². The summed E-state index contributed by atoms with van der Waals surface area (Å²) in [6, 6.07) is 19.2. The van der Waals surface area contributed by atoms with Crippen LogP contribution in [-0.4, -0.2) is 61.3 Å². The van der Waals surface area contributed by atoms with Gasteiger partial charge < -0.3 is 14.4 Å². The Kier molecular flexibility index (Phi) is 10.9. The number of amides is 1. The molecule has 0 aliphatic heterocycles. The van der Waals surface area contributed by atoms with Gasteiger partial charge in [-0.05, 0) is 76.3 Å². The fourth-order valence-electron chi connectivity index (χ4n) is 4.70. The summed E-state index contributed by atoms with van der Waals surface area (Å²) in [7, 11) is 1.82. The summed E-state index contributed by atoms with van der Waals surface area (Å²) in [5.41, 5.74) is 5.20. The number of likely N-dealkylation sites (N-methyl/N-ethyl adjacent to an activating group) is 2. The second-order valence-electron chi connectivity index (χ2n) is 10.3. The van der Waals surface area contributed by atoms with Crippen LogP contribution in [-0.2, 0) is 22.9 Å². The molecule has 2 heterocycles. The average molecular weight is 616 g/mol. The number of rotatable bonds is 13. The highest BCUT2D eigenvalue weighted by atomic mass is 31.2. The number of carbonyl (C=O) groups is 1. The van der Waals surface area contributed by atoms with Gasteiger partial charge in [0.1, 0.15) is 11.9 Å². The first kappa shape index (κ1) is 32.8. The van der Waals surface area contributed by atoms with Crippen LogP contribution in [0.15, 0.2) is 79.1 Å². The van der Waals surface area contributed by atoms with Crippen LogP contribution in [0.1, 0.15) is 32.6 Å². The Balaban J connectivity index is 1.78. The van der Waals surface area contributed by atoms with Crippen LogP contribution in [0.2, 0.25) is 0 Å². The number of hydrogen-bond acceptors (Lipinski definition) is 8. The molecule has 10 nitrogen and oxygen atoms in total. The molecular formula is C33H38N5O5P. The zero-order chi connectivity index (χ0) is 31.9. The number of hydrogen-bond donors (Lipinski definition) is 0. The average Bonchev–Trinajstić information content (AvgIpc) is 3.40. The first-order valence-corrected chi connectivity index (χ1v) is 15.8. The SMILES string of the molecule is CCOP(=O)(OCC)OC(C)n1cc(-c2cccc(C#N)c2)c2cc(-c3cccc(N(C)C(=O)C=CCN(C)C)c3)cnc21. The molecule has 0 fully saturated rings. The van der Waals surface area contributed by atoms with Crippen LogP contribution in [0.3, 0.4) is 0 Å². The summed E-state index contributed by atoms with van der Waals surface area (Å²) in [6.45, 7) is 6.19. The molecule has 2 aromatic heterocycles. The Bertz CT molecular complexity index is 1730. The van der Waals surface area contributed by atoms with E-state index in [0.717, 1.165) is 33.3 Å². The van der Waals surface area contributed by atoms with Crippen molar-refractivity contribution in [2.24, 2.45) is 0 Å². The van der Waals surface area contributed by atoms with E-state index in [-0.39, 0.29) is 19.1 Å². The van der Waals surface area contributed by atoms with Crippen LogP contribution < -0.4 is 4.90 Å². The molecule has 1 unspecified atom stereocenters.